The first kappa shape index (κ1) is 10.5. The molecular formula is C12H13NO3. The maximum atomic E-state index is 5.32. The van der Waals surface area contributed by atoms with Gasteiger partial charge in [0, 0.05) is 5.56 Å². The van der Waals surface area contributed by atoms with Crippen molar-refractivity contribution in [2.45, 2.75) is 6.92 Å². The Kier molecular flexibility index (Phi) is 2.81. The molecule has 0 aliphatic rings. The van der Waals surface area contributed by atoms with Crippen LogP contribution in [0.3, 0.4) is 0 Å². The van der Waals surface area contributed by atoms with Gasteiger partial charge in [0.25, 0.3) is 0 Å². The number of benzene rings is 1. The number of oxazole rings is 1. The molecule has 1 aromatic heterocycles. The summed E-state index contributed by atoms with van der Waals surface area (Å²) in [6, 6.07) is 5.55. The molecule has 84 valence electrons. The third kappa shape index (κ3) is 1.86. The molecule has 0 aliphatic carbocycles. The van der Waals surface area contributed by atoms with Crippen LogP contribution in [0.5, 0.6) is 11.5 Å². The van der Waals surface area contributed by atoms with Gasteiger partial charge in [-0.1, -0.05) is 0 Å². The minimum absolute atomic E-state index is 0.582. The molecule has 0 atom stereocenters. The molecule has 0 saturated carbocycles. The van der Waals surface area contributed by atoms with Gasteiger partial charge in [0.05, 0.1) is 19.9 Å². The predicted molar refractivity (Wildman–Crippen MR) is 59.8 cm³/mol. The summed E-state index contributed by atoms with van der Waals surface area (Å²) >= 11 is 0. The Bertz CT molecular complexity index is 491. The third-order valence-corrected chi connectivity index (χ3v) is 2.25. The summed E-state index contributed by atoms with van der Waals surface area (Å²) in [5.74, 6) is 1.93. The Labute approximate surface area is 93.8 Å². The summed E-state index contributed by atoms with van der Waals surface area (Å²) in [5.41, 5.74) is 1.72. The van der Waals surface area contributed by atoms with Crippen LogP contribution in [0, 0.1) is 6.92 Å². The van der Waals surface area contributed by atoms with E-state index in [1.165, 1.54) is 0 Å². The Hall–Kier alpha value is -1.97. The van der Waals surface area contributed by atoms with Crippen molar-refractivity contribution in [3.05, 3.63) is 30.2 Å². The van der Waals surface area contributed by atoms with E-state index >= 15 is 0 Å². The molecule has 2 rings (SSSR count). The molecule has 0 saturated heterocycles. The number of aryl methyl sites for hydroxylation is 1. The smallest absolute Gasteiger partial charge is 0.226 e. The van der Waals surface area contributed by atoms with E-state index in [-0.39, 0.29) is 0 Å². The predicted octanol–water partition coefficient (Wildman–Crippen LogP) is 2.67. The van der Waals surface area contributed by atoms with Crippen LogP contribution in [0.2, 0.25) is 0 Å². The van der Waals surface area contributed by atoms with Crippen molar-refractivity contribution in [1.82, 2.24) is 4.98 Å². The van der Waals surface area contributed by atoms with Crippen LogP contribution < -0.4 is 9.47 Å². The zero-order valence-corrected chi connectivity index (χ0v) is 9.48. The molecule has 1 aromatic carbocycles. The maximum Gasteiger partial charge on any atom is 0.226 e. The third-order valence-electron chi connectivity index (χ3n) is 2.25. The van der Waals surface area contributed by atoms with Crippen LogP contribution in [0.4, 0.5) is 0 Å². The van der Waals surface area contributed by atoms with Gasteiger partial charge in [0.15, 0.2) is 11.5 Å². The van der Waals surface area contributed by atoms with Crippen LogP contribution in [0.25, 0.3) is 11.5 Å². The summed E-state index contributed by atoms with van der Waals surface area (Å²) in [7, 11) is 3.20. The highest BCUT2D eigenvalue weighted by Crippen LogP contribution is 2.31. The first-order chi connectivity index (χ1) is 7.74. The van der Waals surface area contributed by atoms with Crippen LogP contribution in [-0.4, -0.2) is 19.2 Å². The minimum atomic E-state index is 0.582. The SMILES string of the molecule is COc1ccc(-c2nc(C)co2)cc1OC. The highest BCUT2D eigenvalue weighted by atomic mass is 16.5. The molecule has 0 spiro atoms. The molecule has 0 aliphatic heterocycles. The van der Waals surface area contributed by atoms with Gasteiger partial charge in [-0.2, -0.15) is 0 Å². The Morgan fingerprint density at radius 1 is 1.12 bits per heavy atom. The lowest BCUT2D eigenvalue weighted by atomic mass is 10.2. The second-order valence-electron chi connectivity index (χ2n) is 3.36. The molecule has 0 N–H and O–H groups in total. The Balaban J connectivity index is 2.43. The van der Waals surface area contributed by atoms with Crippen molar-refractivity contribution in [2.75, 3.05) is 14.2 Å². The number of ether oxygens (including phenoxy) is 2. The van der Waals surface area contributed by atoms with E-state index in [0.717, 1.165) is 11.3 Å². The number of nitrogens with zero attached hydrogens (tertiary/aromatic N) is 1. The van der Waals surface area contributed by atoms with E-state index in [1.807, 2.05) is 25.1 Å². The topological polar surface area (TPSA) is 44.5 Å². The fourth-order valence-electron chi connectivity index (χ4n) is 1.46. The second kappa shape index (κ2) is 4.26. The summed E-state index contributed by atoms with van der Waals surface area (Å²) < 4.78 is 15.7. The van der Waals surface area contributed by atoms with Crippen LogP contribution >= 0.6 is 0 Å². The lowest BCUT2D eigenvalue weighted by molar-refractivity contribution is 0.355. The van der Waals surface area contributed by atoms with Gasteiger partial charge < -0.3 is 13.9 Å². The van der Waals surface area contributed by atoms with E-state index in [4.69, 9.17) is 13.9 Å². The zero-order valence-electron chi connectivity index (χ0n) is 9.48. The number of aromatic nitrogens is 1. The van der Waals surface area contributed by atoms with Crippen LogP contribution in [-0.2, 0) is 0 Å². The molecule has 1 heterocycles. The van der Waals surface area contributed by atoms with Crippen molar-refractivity contribution < 1.29 is 13.9 Å². The van der Waals surface area contributed by atoms with E-state index in [0.29, 0.717) is 17.4 Å². The quantitative estimate of drug-likeness (QED) is 0.796. The first-order valence-electron chi connectivity index (χ1n) is 4.89. The van der Waals surface area contributed by atoms with Crippen molar-refractivity contribution in [1.29, 1.82) is 0 Å². The lowest BCUT2D eigenvalue weighted by Gasteiger charge is -2.07. The summed E-state index contributed by atoms with van der Waals surface area (Å²) in [4.78, 5) is 4.25. The van der Waals surface area contributed by atoms with Gasteiger partial charge in [-0.15, -0.1) is 0 Å². The summed E-state index contributed by atoms with van der Waals surface area (Å²) in [6.07, 6.45) is 1.62. The maximum absolute atomic E-state index is 5.32. The van der Waals surface area contributed by atoms with Gasteiger partial charge in [0.1, 0.15) is 6.26 Å². The highest BCUT2D eigenvalue weighted by molar-refractivity contribution is 5.59. The van der Waals surface area contributed by atoms with Gasteiger partial charge in [0.2, 0.25) is 5.89 Å². The number of hydrogen-bond acceptors (Lipinski definition) is 4. The fourth-order valence-corrected chi connectivity index (χ4v) is 1.46. The van der Waals surface area contributed by atoms with Gasteiger partial charge in [-0.3, -0.25) is 0 Å². The summed E-state index contributed by atoms with van der Waals surface area (Å²) in [6.45, 7) is 1.88. The molecular weight excluding hydrogens is 206 g/mol. The molecule has 0 bridgehead atoms. The van der Waals surface area contributed by atoms with E-state index in [9.17, 15) is 0 Å². The van der Waals surface area contributed by atoms with E-state index in [2.05, 4.69) is 4.98 Å². The van der Waals surface area contributed by atoms with E-state index in [1.54, 1.807) is 20.5 Å². The van der Waals surface area contributed by atoms with E-state index < -0.39 is 0 Å². The molecule has 0 amide bonds. The standard InChI is InChI=1S/C12H13NO3/c1-8-7-16-12(13-8)9-4-5-10(14-2)11(6-9)15-3/h4-7H,1-3H3. The van der Waals surface area contributed by atoms with Crippen LogP contribution in [0.1, 0.15) is 5.69 Å². The zero-order chi connectivity index (χ0) is 11.5. The number of rotatable bonds is 3. The molecule has 0 radical (unpaired) electrons. The number of methoxy groups -OCH3 is 2. The average Bonchev–Trinajstić information content (AvgIpc) is 2.75. The Morgan fingerprint density at radius 3 is 2.44 bits per heavy atom. The molecule has 16 heavy (non-hydrogen) atoms. The number of hydrogen-bond donors (Lipinski definition) is 0. The van der Waals surface area contributed by atoms with Crippen molar-refractivity contribution in [3.63, 3.8) is 0 Å². The van der Waals surface area contributed by atoms with Gasteiger partial charge in [-0.25, -0.2) is 4.98 Å². The highest BCUT2D eigenvalue weighted by Gasteiger charge is 2.09. The van der Waals surface area contributed by atoms with Gasteiger partial charge >= 0.3 is 0 Å². The van der Waals surface area contributed by atoms with Crippen molar-refractivity contribution >= 4 is 0 Å². The Morgan fingerprint density at radius 2 is 1.88 bits per heavy atom. The van der Waals surface area contributed by atoms with Crippen molar-refractivity contribution in [3.8, 4) is 23.0 Å². The monoisotopic (exact) mass is 219 g/mol. The molecule has 4 heteroatoms. The molecule has 4 nitrogen and oxygen atoms in total. The first-order valence-corrected chi connectivity index (χ1v) is 4.89. The van der Waals surface area contributed by atoms with Gasteiger partial charge in [-0.05, 0) is 25.1 Å². The average molecular weight is 219 g/mol. The molecule has 0 unspecified atom stereocenters. The fraction of sp³-hybridized carbons (Fsp3) is 0.250. The van der Waals surface area contributed by atoms with Crippen LogP contribution in [0.15, 0.2) is 28.9 Å². The second-order valence-corrected chi connectivity index (χ2v) is 3.36. The van der Waals surface area contributed by atoms with Crippen molar-refractivity contribution in [2.24, 2.45) is 0 Å². The molecule has 2 aromatic rings. The lowest BCUT2D eigenvalue weighted by Crippen LogP contribution is -1.90. The largest absolute Gasteiger partial charge is 0.493 e. The normalized spacial score (nSPS) is 10.2. The summed E-state index contributed by atoms with van der Waals surface area (Å²) in [5, 5.41) is 0. The minimum Gasteiger partial charge on any atom is -0.493 e. The molecule has 0 fully saturated rings.